The Morgan fingerprint density at radius 3 is 1.93 bits per heavy atom. The SMILES string of the molecule is NCCCCC(N)C(=O)NC(CCCN=C(N)N)C(=O)NC(Cc1cnc[nH]1)C(=O)NC(Cc1cnc[nH]1)C(=O)O. The van der Waals surface area contributed by atoms with Crippen LogP contribution in [0.25, 0.3) is 0 Å². The summed E-state index contributed by atoms with van der Waals surface area (Å²) in [6.45, 7) is 0.672. The molecule has 17 nitrogen and oxygen atoms in total. The number of amides is 3. The van der Waals surface area contributed by atoms with Gasteiger partial charge in [0.2, 0.25) is 17.7 Å². The third-order valence-corrected chi connectivity index (χ3v) is 6.09. The van der Waals surface area contributed by atoms with Crippen molar-refractivity contribution in [1.82, 2.24) is 35.9 Å². The molecule has 14 N–H and O–H groups in total. The number of aliphatic carboxylic acids is 1. The van der Waals surface area contributed by atoms with Gasteiger partial charge in [0.25, 0.3) is 0 Å². The highest BCUT2D eigenvalue weighted by Gasteiger charge is 2.31. The fourth-order valence-corrected chi connectivity index (χ4v) is 3.88. The Bertz CT molecular complexity index is 1120. The monoisotopic (exact) mass is 576 g/mol. The Morgan fingerprint density at radius 1 is 0.829 bits per heavy atom. The molecule has 2 rings (SSSR count). The number of hydrogen-bond donors (Lipinski definition) is 10. The molecule has 41 heavy (non-hydrogen) atoms. The third kappa shape index (κ3) is 12.0. The highest BCUT2D eigenvalue weighted by Crippen LogP contribution is 2.07. The Balaban J connectivity index is 2.18. The van der Waals surface area contributed by atoms with Crippen LogP contribution in [0.2, 0.25) is 0 Å². The summed E-state index contributed by atoms with van der Waals surface area (Å²) >= 11 is 0. The summed E-state index contributed by atoms with van der Waals surface area (Å²) in [5.41, 5.74) is 23.3. The second-order valence-corrected chi connectivity index (χ2v) is 9.42. The van der Waals surface area contributed by atoms with Crippen LogP contribution in [-0.4, -0.2) is 91.9 Å². The summed E-state index contributed by atoms with van der Waals surface area (Å²) in [5, 5.41) is 17.4. The molecular formula is C24H40N12O5. The van der Waals surface area contributed by atoms with Gasteiger partial charge in [-0.1, -0.05) is 6.42 Å². The van der Waals surface area contributed by atoms with Gasteiger partial charge in [0.15, 0.2) is 5.96 Å². The van der Waals surface area contributed by atoms with Gasteiger partial charge in [-0.15, -0.1) is 0 Å². The molecule has 2 heterocycles. The lowest BCUT2D eigenvalue weighted by Gasteiger charge is -2.25. The van der Waals surface area contributed by atoms with Crippen LogP contribution in [0.1, 0.15) is 43.5 Å². The summed E-state index contributed by atoms with van der Waals surface area (Å²) in [5.74, 6) is -3.34. The van der Waals surface area contributed by atoms with E-state index >= 15 is 0 Å². The zero-order valence-electron chi connectivity index (χ0n) is 22.7. The van der Waals surface area contributed by atoms with Crippen LogP contribution in [0.4, 0.5) is 0 Å². The van der Waals surface area contributed by atoms with E-state index in [1.807, 2.05) is 0 Å². The number of carbonyl (C=O) groups excluding carboxylic acids is 3. The van der Waals surface area contributed by atoms with Crippen LogP contribution >= 0.6 is 0 Å². The van der Waals surface area contributed by atoms with Gasteiger partial charge in [0.1, 0.15) is 18.1 Å². The van der Waals surface area contributed by atoms with E-state index in [2.05, 4.69) is 40.9 Å². The number of aliphatic imine (C=N–C) groups is 1. The first kappa shape index (κ1) is 32.7. The fourth-order valence-electron chi connectivity index (χ4n) is 3.88. The predicted molar refractivity (Wildman–Crippen MR) is 149 cm³/mol. The van der Waals surface area contributed by atoms with Crippen molar-refractivity contribution >= 4 is 29.7 Å². The number of nitrogens with one attached hydrogen (secondary N) is 5. The van der Waals surface area contributed by atoms with Crippen molar-refractivity contribution in [2.45, 2.75) is 69.1 Å². The molecule has 0 bridgehead atoms. The van der Waals surface area contributed by atoms with E-state index in [-0.39, 0.29) is 31.8 Å². The highest BCUT2D eigenvalue weighted by molar-refractivity contribution is 5.94. The predicted octanol–water partition coefficient (Wildman–Crippen LogP) is -3.03. The molecule has 0 fully saturated rings. The summed E-state index contributed by atoms with van der Waals surface area (Å²) in [6.07, 6.45) is 7.83. The van der Waals surface area contributed by atoms with Crippen LogP contribution in [0, 0.1) is 0 Å². The van der Waals surface area contributed by atoms with Gasteiger partial charge in [-0.2, -0.15) is 0 Å². The minimum absolute atomic E-state index is 0.0265. The van der Waals surface area contributed by atoms with Gasteiger partial charge in [-0.25, -0.2) is 14.8 Å². The number of H-pyrrole nitrogens is 2. The quantitative estimate of drug-likeness (QED) is 0.0455. The van der Waals surface area contributed by atoms with Gasteiger partial charge < -0.3 is 54.0 Å². The number of imidazole rings is 2. The number of carboxylic acid groups (broad SMARTS) is 1. The second-order valence-electron chi connectivity index (χ2n) is 9.42. The molecule has 226 valence electrons. The average molecular weight is 577 g/mol. The van der Waals surface area contributed by atoms with Crippen molar-refractivity contribution in [3.05, 3.63) is 36.4 Å². The minimum Gasteiger partial charge on any atom is -0.480 e. The molecule has 0 aromatic carbocycles. The summed E-state index contributed by atoms with van der Waals surface area (Å²) < 4.78 is 0. The van der Waals surface area contributed by atoms with E-state index in [9.17, 15) is 24.3 Å². The van der Waals surface area contributed by atoms with E-state index in [1.165, 1.54) is 25.0 Å². The van der Waals surface area contributed by atoms with Crippen LogP contribution in [0.5, 0.6) is 0 Å². The van der Waals surface area contributed by atoms with Crippen LogP contribution in [-0.2, 0) is 32.0 Å². The second kappa shape index (κ2) is 17.2. The Kier molecular flexibility index (Phi) is 13.7. The smallest absolute Gasteiger partial charge is 0.326 e. The maximum absolute atomic E-state index is 13.4. The standard InChI is InChI=1S/C24H40N12O5/c25-6-2-1-4-16(26)20(37)34-17(5-3-7-31-24(27)28)21(38)35-18(8-14-10-29-12-32-14)22(39)36-19(23(40)41)9-15-11-30-13-33-15/h10-13,16-19H,1-9,25-26H2,(H,29,32)(H,30,33)(H,34,37)(H,35,38)(H,36,39)(H,40,41)(H4,27,28,31). The number of hydrogen-bond acceptors (Lipinski definition) is 9. The van der Waals surface area contributed by atoms with Gasteiger partial charge in [-0.3, -0.25) is 19.4 Å². The molecule has 0 aliphatic rings. The van der Waals surface area contributed by atoms with E-state index in [4.69, 9.17) is 22.9 Å². The van der Waals surface area contributed by atoms with Gasteiger partial charge in [0.05, 0.1) is 18.7 Å². The number of unbranched alkanes of at least 4 members (excludes halogenated alkanes) is 1. The molecular weight excluding hydrogens is 536 g/mol. The molecule has 3 amide bonds. The number of aromatic amines is 2. The Morgan fingerprint density at radius 2 is 1.39 bits per heavy atom. The molecule has 4 unspecified atom stereocenters. The van der Waals surface area contributed by atoms with E-state index in [1.54, 1.807) is 0 Å². The Hall–Kier alpha value is -4.51. The number of aromatic nitrogens is 4. The van der Waals surface area contributed by atoms with Crippen molar-refractivity contribution < 1.29 is 24.3 Å². The molecule has 2 aromatic heterocycles. The fraction of sp³-hybridized carbons (Fsp3) is 0.542. The number of rotatable bonds is 19. The zero-order chi connectivity index (χ0) is 30.2. The largest absolute Gasteiger partial charge is 0.480 e. The molecule has 17 heteroatoms. The number of carboxylic acids is 1. The van der Waals surface area contributed by atoms with Crippen molar-refractivity contribution in [2.24, 2.45) is 27.9 Å². The number of nitrogens with two attached hydrogens (primary N) is 4. The van der Waals surface area contributed by atoms with E-state index < -0.39 is 47.9 Å². The number of nitrogens with zero attached hydrogens (tertiary/aromatic N) is 3. The first-order valence-corrected chi connectivity index (χ1v) is 13.2. The van der Waals surface area contributed by atoms with Crippen LogP contribution in [0.15, 0.2) is 30.0 Å². The molecule has 0 radical (unpaired) electrons. The normalized spacial score (nSPS) is 13.8. The summed E-state index contributed by atoms with van der Waals surface area (Å²) in [4.78, 5) is 68.6. The Labute approximate surface area is 236 Å². The first-order valence-electron chi connectivity index (χ1n) is 13.2. The van der Waals surface area contributed by atoms with Crippen LogP contribution in [0.3, 0.4) is 0 Å². The van der Waals surface area contributed by atoms with E-state index in [0.29, 0.717) is 43.6 Å². The van der Waals surface area contributed by atoms with Crippen molar-refractivity contribution in [1.29, 1.82) is 0 Å². The molecule has 0 saturated heterocycles. The van der Waals surface area contributed by atoms with Crippen molar-refractivity contribution in [2.75, 3.05) is 13.1 Å². The topological polar surface area (TPSA) is 298 Å². The number of guanidine groups is 1. The molecule has 0 spiro atoms. The summed E-state index contributed by atoms with van der Waals surface area (Å²) in [7, 11) is 0. The van der Waals surface area contributed by atoms with Gasteiger partial charge in [0, 0.05) is 43.2 Å². The molecule has 2 aromatic rings. The zero-order valence-corrected chi connectivity index (χ0v) is 22.7. The summed E-state index contributed by atoms with van der Waals surface area (Å²) in [6, 6.07) is -4.44. The van der Waals surface area contributed by atoms with Crippen molar-refractivity contribution in [3.63, 3.8) is 0 Å². The molecule has 0 saturated carbocycles. The molecule has 4 atom stereocenters. The lowest BCUT2D eigenvalue weighted by molar-refractivity contribution is -0.142. The minimum atomic E-state index is -1.30. The third-order valence-electron chi connectivity index (χ3n) is 6.09. The molecule has 0 aliphatic carbocycles. The average Bonchev–Trinajstić information content (AvgIpc) is 3.63. The van der Waals surface area contributed by atoms with Crippen molar-refractivity contribution in [3.8, 4) is 0 Å². The van der Waals surface area contributed by atoms with Crippen LogP contribution < -0.4 is 38.9 Å². The lowest BCUT2D eigenvalue weighted by atomic mass is 10.0. The maximum Gasteiger partial charge on any atom is 0.326 e. The lowest BCUT2D eigenvalue weighted by Crippen LogP contribution is -2.57. The van der Waals surface area contributed by atoms with Gasteiger partial charge >= 0.3 is 5.97 Å². The highest BCUT2D eigenvalue weighted by atomic mass is 16.4. The number of carbonyl (C=O) groups is 4. The van der Waals surface area contributed by atoms with E-state index in [0.717, 1.165) is 0 Å². The maximum atomic E-state index is 13.4. The first-order chi connectivity index (χ1) is 19.6. The van der Waals surface area contributed by atoms with Gasteiger partial charge in [-0.05, 0) is 32.2 Å². The molecule has 0 aliphatic heterocycles.